The van der Waals surface area contributed by atoms with E-state index in [9.17, 15) is 0 Å². The van der Waals surface area contributed by atoms with Gasteiger partial charge in [-0.25, -0.2) is 9.97 Å². The molecule has 4 heterocycles. The predicted octanol–water partition coefficient (Wildman–Crippen LogP) is 16.5. The van der Waals surface area contributed by atoms with Gasteiger partial charge in [0.05, 0.1) is 33.5 Å². The summed E-state index contributed by atoms with van der Waals surface area (Å²) in [5, 5.41) is 14.3. The molecule has 0 fully saturated rings. The highest BCUT2D eigenvalue weighted by Crippen LogP contribution is 2.43. The summed E-state index contributed by atoms with van der Waals surface area (Å²) in [4.78, 5) is 10.8. The molecule has 0 saturated heterocycles. The number of hydrogen-bond donors (Lipinski definition) is 0. The van der Waals surface area contributed by atoms with E-state index in [1.807, 2.05) is 12.1 Å². The average Bonchev–Trinajstić information content (AvgIpc) is 4.05. The highest BCUT2D eigenvalue weighted by atomic mass is 16.3. The molecule has 0 aliphatic heterocycles. The molecule has 67 heavy (non-hydrogen) atoms. The summed E-state index contributed by atoms with van der Waals surface area (Å²) in [6, 6.07) is 78.7. The zero-order chi connectivity index (χ0) is 43.7. The molecule has 0 spiro atoms. The molecule has 0 radical (unpaired) electrons. The smallest absolute Gasteiger partial charge is 0.235 e. The fourth-order valence-electron chi connectivity index (χ4n) is 10.9. The van der Waals surface area contributed by atoms with E-state index in [-0.39, 0.29) is 0 Å². The lowest BCUT2D eigenvalue weighted by Crippen LogP contribution is -2.04. The van der Waals surface area contributed by atoms with Gasteiger partial charge in [-0.15, -0.1) is 0 Å². The van der Waals surface area contributed by atoms with Crippen LogP contribution in [0.25, 0.3) is 143 Å². The van der Waals surface area contributed by atoms with Crippen LogP contribution in [0.15, 0.2) is 223 Å². The average molecular weight is 853 g/mol. The van der Waals surface area contributed by atoms with Gasteiger partial charge in [-0.05, 0) is 122 Å². The summed E-state index contributed by atoms with van der Waals surface area (Å²) in [5.74, 6) is 0.631. The normalized spacial score (nSPS) is 12.2. The van der Waals surface area contributed by atoms with Gasteiger partial charge in [0.1, 0.15) is 11.2 Å². The molecule has 15 rings (SSSR count). The van der Waals surface area contributed by atoms with E-state index in [1.54, 1.807) is 0 Å². The van der Waals surface area contributed by atoms with Gasteiger partial charge >= 0.3 is 0 Å². The molecular formula is C62H36N4O. The standard InChI is InChI=1S/C62H36N4O/c1-3-12-40-30-43(23-20-37(40)10-1)52-36-53(44-24-21-38-11-2-4-13-41(38)31-44)64-62(63-52)66-54-17-7-5-15-48(54)50-33-42(26-28-55(50)66)46-32-45-25-22-39-14-9-18-56-60(39)61(45)57(34-46)65(56)47-27-29-59-51(35-47)49-16-6-8-19-58(49)67-59/h1-36H. The van der Waals surface area contributed by atoms with Gasteiger partial charge in [-0.2, -0.15) is 0 Å². The highest BCUT2D eigenvalue weighted by molar-refractivity contribution is 6.25. The van der Waals surface area contributed by atoms with E-state index < -0.39 is 0 Å². The summed E-state index contributed by atoms with van der Waals surface area (Å²) < 4.78 is 11.0. The Morgan fingerprint density at radius 2 is 0.881 bits per heavy atom. The van der Waals surface area contributed by atoms with E-state index in [4.69, 9.17) is 14.4 Å². The van der Waals surface area contributed by atoms with Crippen molar-refractivity contribution < 1.29 is 4.42 Å². The van der Waals surface area contributed by atoms with E-state index >= 15 is 0 Å². The van der Waals surface area contributed by atoms with E-state index in [0.717, 1.165) is 83.1 Å². The van der Waals surface area contributed by atoms with Gasteiger partial charge in [0.25, 0.3) is 0 Å². The Labute approximate surface area is 383 Å². The summed E-state index contributed by atoms with van der Waals surface area (Å²) in [6.07, 6.45) is 0. The molecule has 5 heteroatoms. The number of rotatable bonds is 5. The summed E-state index contributed by atoms with van der Waals surface area (Å²) in [7, 11) is 0. The van der Waals surface area contributed by atoms with Crippen LogP contribution in [-0.2, 0) is 0 Å². The number of fused-ring (bicyclic) bond motifs is 8. The molecule has 0 aliphatic rings. The van der Waals surface area contributed by atoms with Crippen LogP contribution in [-0.4, -0.2) is 19.1 Å². The van der Waals surface area contributed by atoms with Crippen LogP contribution in [0.4, 0.5) is 0 Å². The Balaban J connectivity index is 0.937. The van der Waals surface area contributed by atoms with Crippen molar-refractivity contribution in [3.05, 3.63) is 218 Å². The number of aromatic nitrogens is 4. The van der Waals surface area contributed by atoms with Crippen molar-refractivity contribution in [1.29, 1.82) is 0 Å². The van der Waals surface area contributed by atoms with Crippen molar-refractivity contribution in [1.82, 2.24) is 19.1 Å². The fraction of sp³-hybridized carbons (Fsp3) is 0. The van der Waals surface area contributed by atoms with E-state index in [2.05, 4.69) is 215 Å². The van der Waals surface area contributed by atoms with Crippen LogP contribution in [0, 0.1) is 0 Å². The molecule has 0 unspecified atom stereocenters. The summed E-state index contributed by atoms with van der Waals surface area (Å²) in [5.41, 5.74) is 13.5. The Hall–Kier alpha value is -9.06. The van der Waals surface area contributed by atoms with E-state index in [1.165, 1.54) is 54.1 Å². The zero-order valence-corrected chi connectivity index (χ0v) is 36.0. The second-order valence-corrected chi connectivity index (χ2v) is 17.8. The highest BCUT2D eigenvalue weighted by Gasteiger charge is 2.21. The first kappa shape index (κ1) is 36.3. The van der Waals surface area contributed by atoms with Gasteiger partial charge in [0.15, 0.2) is 0 Å². The van der Waals surface area contributed by atoms with Crippen molar-refractivity contribution in [2.24, 2.45) is 0 Å². The van der Waals surface area contributed by atoms with Gasteiger partial charge in [-0.3, -0.25) is 4.57 Å². The van der Waals surface area contributed by atoms with Crippen molar-refractivity contribution in [3.8, 4) is 45.3 Å². The molecule has 4 aromatic heterocycles. The molecule has 0 bridgehead atoms. The molecule has 11 aromatic carbocycles. The summed E-state index contributed by atoms with van der Waals surface area (Å²) >= 11 is 0. The largest absolute Gasteiger partial charge is 0.456 e. The Morgan fingerprint density at radius 3 is 1.67 bits per heavy atom. The molecule has 15 aromatic rings. The lowest BCUT2D eigenvalue weighted by Gasteiger charge is -2.13. The predicted molar refractivity (Wildman–Crippen MR) is 278 cm³/mol. The maximum atomic E-state index is 6.27. The van der Waals surface area contributed by atoms with Crippen molar-refractivity contribution in [2.45, 2.75) is 0 Å². The van der Waals surface area contributed by atoms with Crippen LogP contribution >= 0.6 is 0 Å². The number of hydrogen-bond acceptors (Lipinski definition) is 3. The minimum atomic E-state index is 0.631. The molecule has 0 atom stereocenters. The second kappa shape index (κ2) is 13.7. The first-order valence-electron chi connectivity index (χ1n) is 22.8. The van der Waals surface area contributed by atoms with Gasteiger partial charge < -0.3 is 8.98 Å². The molecule has 0 N–H and O–H groups in total. The number of furan rings is 1. The number of para-hydroxylation sites is 2. The third-order valence-electron chi connectivity index (χ3n) is 14.0. The van der Waals surface area contributed by atoms with E-state index in [0.29, 0.717) is 5.95 Å². The molecule has 0 aliphatic carbocycles. The van der Waals surface area contributed by atoms with Crippen LogP contribution in [0.5, 0.6) is 0 Å². The summed E-state index contributed by atoms with van der Waals surface area (Å²) in [6.45, 7) is 0. The molecule has 0 saturated carbocycles. The zero-order valence-electron chi connectivity index (χ0n) is 36.0. The molecule has 0 amide bonds. The van der Waals surface area contributed by atoms with Crippen molar-refractivity contribution in [2.75, 3.05) is 0 Å². The Bertz CT molecular complexity index is 4430. The third-order valence-corrected chi connectivity index (χ3v) is 14.0. The first-order valence-corrected chi connectivity index (χ1v) is 22.8. The quantitative estimate of drug-likeness (QED) is 0.162. The monoisotopic (exact) mass is 852 g/mol. The molecular weight excluding hydrogens is 817 g/mol. The SMILES string of the molecule is c1ccc2cc(-c3cc(-c4ccc5ccccc5c4)nc(-n4c5ccccc5c5cc(-c6cc7ccc8cccc9c8c7c(c6)n9-c6ccc7oc8ccccc8c7c6)ccc54)n3)ccc2c1. The van der Waals surface area contributed by atoms with Gasteiger partial charge in [0, 0.05) is 49.1 Å². The topological polar surface area (TPSA) is 48.8 Å². The molecule has 310 valence electrons. The molecule has 5 nitrogen and oxygen atoms in total. The second-order valence-electron chi connectivity index (χ2n) is 17.8. The lowest BCUT2D eigenvalue weighted by atomic mass is 9.96. The van der Waals surface area contributed by atoms with Gasteiger partial charge in [0.2, 0.25) is 5.95 Å². The number of benzene rings is 11. The maximum Gasteiger partial charge on any atom is 0.235 e. The minimum absolute atomic E-state index is 0.631. The maximum absolute atomic E-state index is 6.27. The Kier molecular flexibility index (Phi) is 7.44. The fourth-order valence-corrected chi connectivity index (χ4v) is 10.9. The van der Waals surface area contributed by atoms with Gasteiger partial charge in [-0.1, -0.05) is 140 Å². The van der Waals surface area contributed by atoms with Crippen molar-refractivity contribution in [3.63, 3.8) is 0 Å². The van der Waals surface area contributed by atoms with Crippen LogP contribution in [0.1, 0.15) is 0 Å². The van der Waals surface area contributed by atoms with Crippen LogP contribution < -0.4 is 0 Å². The third kappa shape index (κ3) is 5.43. The van der Waals surface area contributed by atoms with Crippen LogP contribution in [0.3, 0.4) is 0 Å². The van der Waals surface area contributed by atoms with Crippen LogP contribution in [0.2, 0.25) is 0 Å². The Morgan fingerprint density at radius 1 is 0.299 bits per heavy atom. The lowest BCUT2D eigenvalue weighted by molar-refractivity contribution is 0.669. The first-order chi connectivity index (χ1) is 33.2. The number of nitrogens with zero attached hydrogens (tertiary/aromatic N) is 4. The van der Waals surface area contributed by atoms with Crippen molar-refractivity contribution >= 4 is 97.9 Å². The minimum Gasteiger partial charge on any atom is -0.456 e.